The minimum absolute atomic E-state index is 0.186. The van der Waals surface area contributed by atoms with Crippen LogP contribution in [0.25, 0.3) is 0 Å². The average Bonchev–Trinajstić information content (AvgIpc) is 3.12. The lowest BCUT2D eigenvalue weighted by Crippen LogP contribution is -2.20. The van der Waals surface area contributed by atoms with E-state index in [2.05, 4.69) is 15.4 Å². The van der Waals surface area contributed by atoms with Gasteiger partial charge in [-0.15, -0.1) is 0 Å². The standard InChI is InChI=1S/C13H14F2N4/c14-10-1-4-12(15)9(5-10)7-19-13(17-8-18-19)6-16-11-2-3-11/h1,4-5,8,11,16H,2-3,6-7H2. The first-order valence-electron chi connectivity index (χ1n) is 6.26. The van der Waals surface area contributed by atoms with Gasteiger partial charge in [-0.05, 0) is 31.0 Å². The van der Waals surface area contributed by atoms with E-state index in [9.17, 15) is 8.78 Å². The van der Waals surface area contributed by atoms with Crippen LogP contribution in [0.2, 0.25) is 0 Å². The van der Waals surface area contributed by atoms with E-state index in [1.165, 1.54) is 25.2 Å². The van der Waals surface area contributed by atoms with Gasteiger partial charge in [-0.3, -0.25) is 0 Å². The summed E-state index contributed by atoms with van der Waals surface area (Å²) in [6, 6.07) is 3.99. The minimum atomic E-state index is -0.450. The van der Waals surface area contributed by atoms with Crippen molar-refractivity contribution in [3.05, 3.63) is 47.5 Å². The topological polar surface area (TPSA) is 42.7 Å². The molecule has 1 aromatic carbocycles. The van der Waals surface area contributed by atoms with Gasteiger partial charge >= 0.3 is 0 Å². The highest BCUT2D eigenvalue weighted by Crippen LogP contribution is 2.19. The maximum Gasteiger partial charge on any atom is 0.141 e. The van der Waals surface area contributed by atoms with Gasteiger partial charge in [0.1, 0.15) is 23.8 Å². The summed E-state index contributed by atoms with van der Waals surface area (Å²) in [5.41, 5.74) is 0.276. The molecule has 1 saturated carbocycles. The molecule has 6 heteroatoms. The minimum Gasteiger partial charge on any atom is -0.307 e. The van der Waals surface area contributed by atoms with Crippen molar-refractivity contribution < 1.29 is 8.78 Å². The third-order valence-electron chi connectivity index (χ3n) is 3.15. The van der Waals surface area contributed by atoms with Gasteiger partial charge in [0.15, 0.2) is 0 Å². The van der Waals surface area contributed by atoms with Crippen molar-refractivity contribution in [3.8, 4) is 0 Å². The summed E-state index contributed by atoms with van der Waals surface area (Å²) < 4.78 is 28.3. The highest BCUT2D eigenvalue weighted by Gasteiger charge is 2.21. The van der Waals surface area contributed by atoms with Crippen LogP contribution in [0.3, 0.4) is 0 Å². The molecule has 0 unspecified atom stereocenters. The van der Waals surface area contributed by atoms with Crippen molar-refractivity contribution in [3.63, 3.8) is 0 Å². The third-order valence-corrected chi connectivity index (χ3v) is 3.15. The van der Waals surface area contributed by atoms with Crippen LogP contribution in [0.15, 0.2) is 24.5 Å². The normalized spacial score (nSPS) is 14.8. The molecule has 0 aliphatic heterocycles. The Hall–Kier alpha value is -1.82. The van der Waals surface area contributed by atoms with E-state index < -0.39 is 11.6 Å². The number of benzene rings is 1. The predicted octanol–water partition coefficient (Wildman–Crippen LogP) is 1.86. The fourth-order valence-electron chi connectivity index (χ4n) is 1.91. The second-order valence-corrected chi connectivity index (χ2v) is 4.72. The van der Waals surface area contributed by atoms with Gasteiger partial charge in [0.05, 0.1) is 13.1 Å². The quantitative estimate of drug-likeness (QED) is 0.896. The molecule has 0 atom stereocenters. The second kappa shape index (κ2) is 5.05. The van der Waals surface area contributed by atoms with Crippen molar-refractivity contribution in [2.24, 2.45) is 0 Å². The van der Waals surface area contributed by atoms with E-state index in [1.807, 2.05) is 0 Å². The van der Waals surface area contributed by atoms with Gasteiger partial charge in [-0.25, -0.2) is 18.4 Å². The highest BCUT2D eigenvalue weighted by molar-refractivity contribution is 5.19. The lowest BCUT2D eigenvalue weighted by molar-refractivity contribution is 0.545. The molecule has 1 aliphatic rings. The molecule has 0 saturated heterocycles. The summed E-state index contributed by atoms with van der Waals surface area (Å²) in [5, 5.41) is 7.38. The zero-order valence-electron chi connectivity index (χ0n) is 10.3. The first-order chi connectivity index (χ1) is 9.22. The first-order valence-corrected chi connectivity index (χ1v) is 6.26. The monoisotopic (exact) mass is 264 g/mol. The molecule has 0 spiro atoms. The Morgan fingerprint density at radius 3 is 2.95 bits per heavy atom. The molecule has 1 heterocycles. The van der Waals surface area contributed by atoms with Crippen molar-refractivity contribution in [1.82, 2.24) is 20.1 Å². The predicted molar refractivity (Wildman–Crippen MR) is 65.3 cm³/mol. The molecule has 0 bridgehead atoms. The molecule has 1 N–H and O–H groups in total. The number of nitrogens with one attached hydrogen (secondary N) is 1. The Morgan fingerprint density at radius 2 is 2.16 bits per heavy atom. The molecule has 0 radical (unpaired) electrons. The van der Waals surface area contributed by atoms with Gasteiger partial charge in [0.2, 0.25) is 0 Å². The molecule has 100 valence electrons. The van der Waals surface area contributed by atoms with Crippen molar-refractivity contribution >= 4 is 0 Å². The van der Waals surface area contributed by atoms with E-state index in [0.29, 0.717) is 12.6 Å². The molecule has 1 aliphatic carbocycles. The first kappa shape index (κ1) is 12.2. The van der Waals surface area contributed by atoms with Crippen LogP contribution in [0.4, 0.5) is 8.78 Å². The molecule has 19 heavy (non-hydrogen) atoms. The van der Waals surface area contributed by atoms with E-state index >= 15 is 0 Å². The average molecular weight is 264 g/mol. The Labute approximate surface area is 109 Å². The Balaban J connectivity index is 1.74. The Kier molecular flexibility index (Phi) is 3.25. The Morgan fingerprint density at radius 1 is 1.32 bits per heavy atom. The molecule has 3 rings (SSSR count). The number of hydrogen-bond donors (Lipinski definition) is 1. The smallest absolute Gasteiger partial charge is 0.141 e. The fourth-order valence-corrected chi connectivity index (χ4v) is 1.91. The van der Waals surface area contributed by atoms with Crippen molar-refractivity contribution in [1.29, 1.82) is 0 Å². The molecule has 1 aromatic heterocycles. The zero-order chi connectivity index (χ0) is 13.2. The van der Waals surface area contributed by atoms with Crippen LogP contribution in [0.5, 0.6) is 0 Å². The van der Waals surface area contributed by atoms with E-state index in [-0.39, 0.29) is 12.1 Å². The molecule has 0 amide bonds. The summed E-state index contributed by atoms with van der Waals surface area (Å²) in [5.74, 6) is -0.150. The van der Waals surface area contributed by atoms with Gasteiger partial charge in [-0.2, -0.15) is 5.10 Å². The fraction of sp³-hybridized carbons (Fsp3) is 0.385. The number of nitrogens with zero attached hydrogens (tertiary/aromatic N) is 3. The summed E-state index contributed by atoms with van der Waals surface area (Å²) in [4.78, 5) is 4.14. The van der Waals surface area contributed by atoms with Gasteiger partial charge < -0.3 is 5.32 Å². The van der Waals surface area contributed by atoms with E-state index in [0.717, 1.165) is 18.0 Å². The van der Waals surface area contributed by atoms with Crippen LogP contribution in [-0.2, 0) is 13.1 Å². The number of rotatable bonds is 5. The summed E-state index contributed by atoms with van der Waals surface area (Å²) in [6.07, 6.45) is 3.81. The van der Waals surface area contributed by atoms with Crippen LogP contribution in [-0.4, -0.2) is 20.8 Å². The SMILES string of the molecule is Fc1ccc(F)c(Cn2ncnc2CNC2CC2)c1. The van der Waals surface area contributed by atoms with Gasteiger partial charge in [0, 0.05) is 11.6 Å². The molecule has 1 fully saturated rings. The lowest BCUT2D eigenvalue weighted by atomic mass is 10.2. The van der Waals surface area contributed by atoms with E-state index in [4.69, 9.17) is 0 Å². The zero-order valence-corrected chi connectivity index (χ0v) is 10.3. The van der Waals surface area contributed by atoms with Gasteiger partial charge in [0.25, 0.3) is 0 Å². The summed E-state index contributed by atoms with van der Waals surface area (Å²) in [6.45, 7) is 0.785. The third kappa shape index (κ3) is 2.96. The lowest BCUT2D eigenvalue weighted by Gasteiger charge is -2.08. The summed E-state index contributed by atoms with van der Waals surface area (Å²) in [7, 11) is 0. The number of halogens is 2. The Bertz CT molecular complexity index is 578. The second-order valence-electron chi connectivity index (χ2n) is 4.72. The van der Waals surface area contributed by atoms with Crippen molar-refractivity contribution in [2.75, 3.05) is 0 Å². The number of aromatic nitrogens is 3. The maximum absolute atomic E-state index is 13.6. The summed E-state index contributed by atoms with van der Waals surface area (Å²) >= 11 is 0. The van der Waals surface area contributed by atoms with E-state index in [1.54, 1.807) is 4.68 Å². The van der Waals surface area contributed by atoms with Crippen molar-refractivity contribution in [2.45, 2.75) is 32.0 Å². The molecular weight excluding hydrogens is 250 g/mol. The molecular formula is C13H14F2N4. The largest absolute Gasteiger partial charge is 0.307 e. The van der Waals surface area contributed by atoms with Crippen LogP contribution < -0.4 is 5.32 Å². The van der Waals surface area contributed by atoms with Gasteiger partial charge in [-0.1, -0.05) is 0 Å². The van der Waals surface area contributed by atoms with Crippen LogP contribution >= 0.6 is 0 Å². The number of hydrogen-bond acceptors (Lipinski definition) is 3. The molecule has 4 nitrogen and oxygen atoms in total. The molecule has 2 aromatic rings. The highest BCUT2D eigenvalue weighted by atomic mass is 19.1. The maximum atomic E-state index is 13.6. The van der Waals surface area contributed by atoms with Crippen LogP contribution in [0, 0.1) is 11.6 Å². The van der Waals surface area contributed by atoms with Crippen LogP contribution in [0.1, 0.15) is 24.2 Å².